The number of hydrogen-bond acceptors (Lipinski definition) is 1. The Balaban J connectivity index is 2.05. The number of carbonyl (C=O) groups is 1. The molecule has 2 atom stereocenters. The van der Waals surface area contributed by atoms with Gasteiger partial charge in [0.15, 0.2) is 0 Å². The molecular weight excluding hydrogens is 271 g/mol. The van der Waals surface area contributed by atoms with E-state index in [-0.39, 0.29) is 12.0 Å². The number of carboxylic acid groups (broad SMARTS) is 1. The second-order valence-electron chi connectivity index (χ2n) is 5.13. The van der Waals surface area contributed by atoms with E-state index in [1.807, 2.05) is 0 Å². The number of nitrogens with one attached hydrogen (secondary N) is 1. The molecule has 1 saturated carbocycles. The van der Waals surface area contributed by atoms with Crippen LogP contribution < -0.4 is 5.32 Å². The molecule has 2 rings (SSSR count). The van der Waals surface area contributed by atoms with Gasteiger partial charge in [0.25, 0.3) is 0 Å². The quantitative estimate of drug-likeness (QED) is 0.863. The predicted molar refractivity (Wildman–Crippen MR) is 67.6 cm³/mol. The zero-order valence-electron chi connectivity index (χ0n) is 10.8. The second kappa shape index (κ2) is 5.73. The molecule has 0 saturated heterocycles. The molecule has 0 heterocycles. The van der Waals surface area contributed by atoms with Crippen LogP contribution in [0.15, 0.2) is 24.3 Å². The minimum atomic E-state index is -4.32. The Morgan fingerprint density at radius 2 is 1.85 bits per heavy atom. The van der Waals surface area contributed by atoms with Crippen LogP contribution in [-0.4, -0.2) is 17.2 Å². The molecule has 20 heavy (non-hydrogen) atoms. The van der Waals surface area contributed by atoms with Crippen LogP contribution in [0.5, 0.6) is 0 Å². The molecule has 1 aromatic rings. The van der Waals surface area contributed by atoms with E-state index in [0.717, 1.165) is 37.0 Å². The SMILES string of the molecule is O=C(O)NC1CCCC(c2ccc(C(F)(F)F)cc2)C1. The predicted octanol–water partition coefficient (Wildman–Crippen LogP) is 4.00. The molecule has 0 spiro atoms. The number of amides is 1. The Morgan fingerprint density at radius 1 is 1.20 bits per heavy atom. The van der Waals surface area contributed by atoms with Crippen LogP contribution in [-0.2, 0) is 6.18 Å². The normalized spacial score (nSPS) is 23.4. The maximum atomic E-state index is 12.5. The number of benzene rings is 1. The first-order valence-electron chi connectivity index (χ1n) is 6.53. The van der Waals surface area contributed by atoms with E-state index < -0.39 is 17.8 Å². The topological polar surface area (TPSA) is 49.3 Å². The average Bonchev–Trinajstić information content (AvgIpc) is 2.37. The Hall–Kier alpha value is -1.72. The lowest BCUT2D eigenvalue weighted by atomic mass is 9.81. The highest BCUT2D eigenvalue weighted by Crippen LogP contribution is 2.35. The number of hydrogen-bond donors (Lipinski definition) is 2. The summed E-state index contributed by atoms with van der Waals surface area (Å²) in [6.45, 7) is 0. The highest BCUT2D eigenvalue weighted by molar-refractivity contribution is 5.64. The van der Waals surface area contributed by atoms with Crippen molar-refractivity contribution >= 4 is 6.09 Å². The van der Waals surface area contributed by atoms with Crippen LogP contribution in [0.4, 0.5) is 18.0 Å². The molecule has 1 amide bonds. The minimum Gasteiger partial charge on any atom is -0.465 e. The number of rotatable bonds is 2. The number of halogens is 3. The summed E-state index contributed by atoms with van der Waals surface area (Å²) in [4.78, 5) is 10.6. The minimum absolute atomic E-state index is 0.114. The Bertz CT molecular complexity index is 470. The van der Waals surface area contributed by atoms with Crippen molar-refractivity contribution in [3.63, 3.8) is 0 Å². The molecule has 0 aromatic heterocycles. The molecule has 1 fully saturated rings. The summed E-state index contributed by atoms with van der Waals surface area (Å²) in [5, 5.41) is 11.2. The molecule has 6 heteroatoms. The van der Waals surface area contributed by atoms with E-state index in [2.05, 4.69) is 5.32 Å². The first kappa shape index (κ1) is 14.7. The second-order valence-corrected chi connectivity index (χ2v) is 5.13. The van der Waals surface area contributed by atoms with Crippen molar-refractivity contribution in [2.45, 2.75) is 43.8 Å². The van der Waals surface area contributed by atoms with Crippen LogP contribution >= 0.6 is 0 Å². The van der Waals surface area contributed by atoms with Crippen molar-refractivity contribution in [3.8, 4) is 0 Å². The lowest BCUT2D eigenvalue weighted by Gasteiger charge is -2.29. The largest absolute Gasteiger partial charge is 0.465 e. The Labute approximate surface area is 114 Å². The lowest BCUT2D eigenvalue weighted by Crippen LogP contribution is -2.36. The van der Waals surface area contributed by atoms with E-state index in [4.69, 9.17) is 5.11 Å². The summed E-state index contributed by atoms with van der Waals surface area (Å²) in [7, 11) is 0. The summed E-state index contributed by atoms with van der Waals surface area (Å²) in [6.07, 6.45) is -2.21. The highest BCUT2D eigenvalue weighted by atomic mass is 19.4. The van der Waals surface area contributed by atoms with Crippen molar-refractivity contribution in [2.24, 2.45) is 0 Å². The fourth-order valence-corrected chi connectivity index (χ4v) is 2.74. The van der Waals surface area contributed by atoms with E-state index in [1.165, 1.54) is 12.1 Å². The van der Waals surface area contributed by atoms with Crippen molar-refractivity contribution in [2.75, 3.05) is 0 Å². The van der Waals surface area contributed by atoms with Crippen LogP contribution in [0.3, 0.4) is 0 Å². The molecule has 0 radical (unpaired) electrons. The molecule has 1 aliphatic rings. The number of alkyl halides is 3. The van der Waals surface area contributed by atoms with Gasteiger partial charge in [0.1, 0.15) is 0 Å². The zero-order valence-corrected chi connectivity index (χ0v) is 10.8. The van der Waals surface area contributed by atoms with Gasteiger partial charge in [0.2, 0.25) is 0 Å². The molecular formula is C14H16F3NO2. The van der Waals surface area contributed by atoms with Crippen LogP contribution in [0.25, 0.3) is 0 Å². The smallest absolute Gasteiger partial charge is 0.416 e. The van der Waals surface area contributed by atoms with Gasteiger partial charge in [-0.05, 0) is 42.9 Å². The average molecular weight is 287 g/mol. The first-order chi connectivity index (χ1) is 9.36. The fraction of sp³-hybridized carbons (Fsp3) is 0.500. The van der Waals surface area contributed by atoms with Crippen LogP contribution in [0.2, 0.25) is 0 Å². The Kier molecular flexibility index (Phi) is 4.20. The molecule has 110 valence electrons. The summed E-state index contributed by atoms with van der Waals surface area (Å²) in [5.74, 6) is 0.114. The van der Waals surface area contributed by atoms with Gasteiger partial charge in [0, 0.05) is 6.04 Å². The fourth-order valence-electron chi connectivity index (χ4n) is 2.74. The first-order valence-corrected chi connectivity index (χ1v) is 6.53. The van der Waals surface area contributed by atoms with E-state index in [0.29, 0.717) is 6.42 Å². The van der Waals surface area contributed by atoms with Crippen LogP contribution in [0, 0.1) is 0 Å². The van der Waals surface area contributed by atoms with Crippen LogP contribution in [0.1, 0.15) is 42.7 Å². The van der Waals surface area contributed by atoms with E-state index >= 15 is 0 Å². The summed E-state index contributed by atoms with van der Waals surface area (Å²) in [5.41, 5.74) is 0.187. The van der Waals surface area contributed by atoms with Gasteiger partial charge < -0.3 is 10.4 Å². The lowest BCUT2D eigenvalue weighted by molar-refractivity contribution is -0.137. The van der Waals surface area contributed by atoms with Gasteiger partial charge in [-0.3, -0.25) is 0 Å². The van der Waals surface area contributed by atoms with E-state index in [1.54, 1.807) is 0 Å². The molecule has 0 aliphatic heterocycles. The van der Waals surface area contributed by atoms with Crippen molar-refractivity contribution < 1.29 is 23.1 Å². The van der Waals surface area contributed by atoms with E-state index in [9.17, 15) is 18.0 Å². The van der Waals surface area contributed by atoms with Gasteiger partial charge in [-0.15, -0.1) is 0 Å². The summed E-state index contributed by atoms with van der Waals surface area (Å²) < 4.78 is 37.5. The maximum absolute atomic E-state index is 12.5. The van der Waals surface area contributed by atoms with Gasteiger partial charge >= 0.3 is 12.3 Å². The third kappa shape index (κ3) is 3.65. The van der Waals surface area contributed by atoms with Crippen molar-refractivity contribution in [1.29, 1.82) is 0 Å². The summed E-state index contributed by atoms with van der Waals surface area (Å²) >= 11 is 0. The standard InChI is InChI=1S/C14H16F3NO2/c15-14(16,17)11-6-4-9(5-7-11)10-2-1-3-12(8-10)18-13(19)20/h4-7,10,12,18H,1-3,8H2,(H,19,20). The summed E-state index contributed by atoms with van der Waals surface area (Å²) in [6, 6.07) is 5.05. The Morgan fingerprint density at radius 3 is 2.40 bits per heavy atom. The van der Waals surface area contributed by atoms with Gasteiger partial charge in [-0.1, -0.05) is 18.6 Å². The monoisotopic (exact) mass is 287 g/mol. The molecule has 2 unspecified atom stereocenters. The third-order valence-corrected chi connectivity index (χ3v) is 3.71. The zero-order chi connectivity index (χ0) is 14.8. The molecule has 3 nitrogen and oxygen atoms in total. The molecule has 0 bridgehead atoms. The molecule has 1 aromatic carbocycles. The van der Waals surface area contributed by atoms with Gasteiger partial charge in [-0.25, -0.2) is 4.79 Å². The van der Waals surface area contributed by atoms with Gasteiger partial charge in [-0.2, -0.15) is 13.2 Å². The highest BCUT2D eigenvalue weighted by Gasteiger charge is 2.31. The van der Waals surface area contributed by atoms with Crippen molar-refractivity contribution in [3.05, 3.63) is 35.4 Å². The maximum Gasteiger partial charge on any atom is 0.416 e. The molecule has 2 N–H and O–H groups in total. The van der Waals surface area contributed by atoms with Crippen molar-refractivity contribution in [1.82, 2.24) is 5.32 Å². The molecule has 1 aliphatic carbocycles. The third-order valence-electron chi connectivity index (χ3n) is 3.71. The van der Waals surface area contributed by atoms with Gasteiger partial charge in [0.05, 0.1) is 5.56 Å².